The zero-order valence-corrected chi connectivity index (χ0v) is 12.5. The quantitative estimate of drug-likeness (QED) is 0.818. The third-order valence-electron chi connectivity index (χ3n) is 4.00. The van der Waals surface area contributed by atoms with E-state index < -0.39 is 4.33 Å². The van der Waals surface area contributed by atoms with Crippen molar-refractivity contribution in [1.29, 1.82) is 0 Å². The highest BCUT2D eigenvalue weighted by molar-refractivity contribution is 7.18. The van der Waals surface area contributed by atoms with Gasteiger partial charge in [0.25, 0.3) is 5.56 Å². The van der Waals surface area contributed by atoms with Crippen molar-refractivity contribution >= 4 is 44.8 Å². The largest absolute Gasteiger partial charge is 0.310 e. The Morgan fingerprint density at radius 3 is 2.79 bits per heavy atom. The molecule has 6 heteroatoms. The molecule has 0 spiro atoms. The van der Waals surface area contributed by atoms with Gasteiger partial charge in [-0.25, -0.2) is 4.98 Å². The number of H-pyrrole nitrogens is 1. The van der Waals surface area contributed by atoms with Crippen LogP contribution < -0.4 is 5.56 Å². The summed E-state index contributed by atoms with van der Waals surface area (Å²) >= 11 is 13.8. The van der Waals surface area contributed by atoms with E-state index in [2.05, 4.69) is 9.97 Å². The van der Waals surface area contributed by atoms with Gasteiger partial charge in [0.1, 0.15) is 15.0 Å². The molecule has 0 aliphatic heterocycles. The number of aryl methyl sites for hydroxylation is 2. The minimum atomic E-state index is -0.750. The topological polar surface area (TPSA) is 45.8 Å². The summed E-state index contributed by atoms with van der Waals surface area (Å²) in [7, 11) is 0. The maximum Gasteiger partial charge on any atom is 0.259 e. The van der Waals surface area contributed by atoms with E-state index in [4.69, 9.17) is 23.2 Å². The molecule has 0 bridgehead atoms. The van der Waals surface area contributed by atoms with Gasteiger partial charge in [-0.05, 0) is 37.7 Å². The number of fused-ring (bicyclic) bond motifs is 3. The summed E-state index contributed by atoms with van der Waals surface area (Å²) in [5.74, 6) is 0.605. The number of thiophene rings is 1. The monoisotopic (exact) mass is 314 g/mol. The molecule has 2 aliphatic carbocycles. The Bertz CT molecular complexity index is 734. The molecule has 0 amide bonds. The molecule has 2 aliphatic rings. The van der Waals surface area contributed by atoms with E-state index in [-0.39, 0.29) is 11.5 Å². The molecule has 1 N–H and O–H groups in total. The molecule has 0 radical (unpaired) electrons. The average molecular weight is 315 g/mol. The van der Waals surface area contributed by atoms with Crippen LogP contribution in [-0.4, -0.2) is 14.3 Å². The summed E-state index contributed by atoms with van der Waals surface area (Å²) in [6.07, 6.45) is 5.10. The number of halogens is 2. The van der Waals surface area contributed by atoms with Gasteiger partial charge in [-0.2, -0.15) is 0 Å². The van der Waals surface area contributed by atoms with Gasteiger partial charge < -0.3 is 4.98 Å². The Hall–Kier alpha value is -0.580. The number of rotatable bonds is 1. The molecule has 1 saturated carbocycles. The maximum absolute atomic E-state index is 12.3. The second-order valence-corrected chi connectivity index (χ2v) is 7.99. The zero-order chi connectivity index (χ0) is 13.2. The predicted molar refractivity (Wildman–Crippen MR) is 78.7 cm³/mol. The van der Waals surface area contributed by atoms with E-state index >= 15 is 0 Å². The van der Waals surface area contributed by atoms with Crippen molar-refractivity contribution in [3.8, 4) is 0 Å². The number of alkyl halides is 2. The average Bonchev–Trinajstić information content (AvgIpc) is 2.84. The van der Waals surface area contributed by atoms with Crippen LogP contribution in [0.3, 0.4) is 0 Å². The highest BCUT2D eigenvalue weighted by atomic mass is 35.5. The van der Waals surface area contributed by atoms with Crippen molar-refractivity contribution in [3.63, 3.8) is 0 Å². The van der Waals surface area contributed by atoms with Gasteiger partial charge in [-0.3, -0.25) is 4.79 Å². The molecule has 0 saturated heterocycles. The normalized spacial score (nSPS) is 24.4. The summed E-state index contributed by atoms with van der Waals surface area (Å²) in [5.41, 5.74) is 1.18. The number of hydrogen-bond donors (Lipinski definition) is 1. The summed E-state index contributed by atoms with van der Waals surface area (Å²) < 4.78 is -0.750. The molecule has 4 rings (SSSR count). The lowest BCUT2D eigenvalue weighted by molar-refractivity contribution is 0.700. The molecule has 100 valence electrons. The van der Waals surface area contributed by atoms with Gasteiger partial charge >= 0.3 is 0 Å². The highest BCUT2D eigenvalue weighted by Crippen LogP contribution is 2.58. The number of nitrogens with zero attached hydrogens (tertiary/aromatic N) is 1. The first-order valence-corrected chi connectivity index (χ1v) is 8.06. The van der Waals surface area contributed by atoms with Crippen LogP contribution in [0.1, 0.15) is 41.4 Å². The third kappa shape index (κ3) is 1.84. The van der Waals surface area contributed by atoms with Crippen molar-refractivity contribution in [1.82, 2.24) is 9.97 Å². The molecular weight excluding hydrogens is 303 g/mol. The molecule has 2 heterocycles. The second kappa shape index (κ2) is 3.96. The molecule has 0 aromatic carbocycles. The number of nitrogens with one attached hydrogen (secondary N) is 1. The van der Waals surface area contributed by atoms with Crippen molar-refractivity contribution in [3.05, 3.63) is 26.6 Å². The molecule has 0 unspecified atom stereocenters. The van der Waals surface area contributed by atoms with Gasteiger partial charge in [0.15, 0.2) is 0 Å². The van der Waals surface area contributed by atoms with Crippen LogP contribution in [0.2, 0.25) is 0 Å². The molecule has 2 aromatic heterocycles. The fraction of sp³-hybridized carbons (Fsp3) is 0.538. The molecule has 1 atom stereocenters. The summed E-state index contributed by atoms with van der Waals surface area (Å²) in [6.45, 7) is 0. The predicted octanol–water partition coefficient (Wildman–Crippen LogP) is 3.52. The van der Waals surface area contributed by atoms with E-state index in [1.165, 1.54) is 16.9 Å². The maximum atomic E-state index is 12.3. The fourth-order valence-electron chi connectivity index (χ4n) is 2.86. The first-order valence-electron chi connectivity index (χ1n) is 6.48. The van der Waals surface area contributed by atoms with Crippen LogP contribution >= 0.6 is 34.5 Å². The Morgan fingerprint density at radius 2 is 2.05 bits per heavy atom. The van der Waals surface area contributed by atoms with Crippen molar-refractivity contribution in [2.45, 2.75) is 42.4 Å². The Kier molecular flexibility index (Phi) is 2.54. The van der Waals surface area contributed by atoms with Gasteiger partial charge in [-0.15, -0.1) is 34.5 Å². The third-order valence-corrected chi connectivity index (χ3v) is 6.02. The van der Waals surface area contributed by atoms with Crippen molar-refractivity contribution < 1.29 is 0 Å². The van der Waals surface area contributed by atoms with E-state index in [1.54, 1.807) is 11.3 Å². The molecule has 19 heavy (non-hydrogen) atoms. The summed E-state index contributed by atoms with van der Waals surface area (Å²) in [4.78, 5) is 21.9. The Labute approximate surface area is 124 Å². The van der Waals surface area contributed by atoms with Crippen LogP contribution in [0.5, 0.6) is 0 Å². The lowest BCUT2D eigenvalue weighted by atomic mass is 9.97. The van der Waals surface area contributed by atoms with E-state index in [1.807, 2.05) is 0 Å². The summed E-state index contributed by atoms with van der Waals surface area (Å²) in [6, 6.07) is 0. The van der Waals surface area contributed by atoms with Gasteiger partial charge in [-0.1, -0.05) is 0 Å². The van der Waals surface area contributed by atoms with Crippen LogP contribution in [0.4, 0.5) is 0 Å². The molecule has 3 nitrogen and oxygen atoms in total. The van der Waals surface area contributed by atoms with Crippen molar-refractivity contribution in [2.24, 2.45) is 0 Å². The minimum Gasteiger partial charge on any atom is -0.310 e. The second-order valence-electron chi connectivity index (χ2n) is 5.36. The van der Waals surface area contributed by atoms with Crippen LogP contribution in [0, 0.1) is 0 Å². The van der Waals surface area contributed by atoms with E-state index in [9.17, 15) is 4.79 Å². The standard InChI is InChI=1S/C13H12Cl2N2OS/c14-13(15)5-7(13)10-16-11(18)9-6-3-1-2-4-8(6)19-12(9)17-10/h7H,1-5H2,(H,16,17,18)/t7-/m1/s1. The van der Waals surface area contributed by atoms with Gasteiger partial charge in [0.05, 0.1) is 11.3 Å². The molecule has 1 fully saturated rings. The first-order chi connectivity index (χ1) is 9.06. The van der Waals surface area contributed by atoms with Gasteiger partial charge in [0, 0.05) is 4.88 Å². The van der Waals surface area contributed by atoms with Crippen LogP contribution in [-0.2, 0) is 12.8 Å². The smallest absolute Gasteiger partial charge is 0.259 e. The number of hydrogen-bond acceptors (Lipinski definition) is 3. The van der Waals surface area contributed by atoms with Crippen molar-refractivity contribution in [2.75, 3.05) is 0 Å². The SMILES string of the molecule is O=c1[nH]c([C@H]2CC2(Cl)Cl)nc2sc3c(c12)CCCC3. The number of aromatic nitrogens is 2. The zero-order valence-electron chi connectivity index (χ0n) is 10.1. The Morgan fingerprint density at radius 1 is 1.32 bits per heavy atom. The first kappa shape index (κ1) is 12.2. The summed E-state index contributed by atoms with van der Waals surface area (Å²) in [5, 5.41) is 0.791. The van der Waals surface area contributed by atoms with Crippen LogP contribution in [0.25, 0.3) is 10.2 Å². The molecular formula is C13H12Cl2N2OS. The fourth-order valence-corrected chi connectivity index (χ4v) is 4.64. The lowest BCUT2D eigenvalue weighted by Gasteiger charge is -2.09. The van der Waals surface area contributed by atoms with E-state index in [0.717, 1.165) is 29.5 Å². The van der Waals surface area contributed by atoms with Gasteiger partial charge in [0.2, 0.25) is 0 Å². The highest BCUT2D eigenvalue weighted by Gasteiger charge is 2.54. The lowest BCUT2D eigenvalue weighted by Crippen LogP contribution is -2.13. The molecule has 2 aromatic rings. The number of aromatic amines is 1. The van der Waals surface area contributed by atoms with E-state index in [0.29, 0.717) is 12.2 Å². The van der Waals surface area contributed by atoms with Crippen LogP contribution in [0.15, 0.2) is 4.79 Å². The minimum absolute atomic E-state index is 0.0320. The Balaban J connectivity index is 1.91.